The van der Waals surface area contributed by atoms with E-state index in [0.29, 0.717) is 0 Å². The molecule has 3 N–H and O–H groups in total. The molecular formula is C23H24N2O7. The highest BCUT2D eigenvalue weighted by Crippen LogP contribution is 2.44. The highest BCUT2D eigenvalue weighted by Gasteiger charge is 2.30. The Morgan fingerprint density at radius 1 is 0.969 bits per heavy atom. The van der Waals surface area contributed by atoms with Gasteiger partial charge in [-0.3, -0.25) is 0 Å². The van der Waals surface area contributed by atoms with E-state index in [-0.39, 0.29) is 25.7 Å². The number of ether oxygens (including phenoxy) is 3. The number of hydrogen-bond acceptors (Lipinski definition) is 7. The molecule has 2 amide bonds. The van der Waals surface area contributed by atoms with E-state index in [1.54, 1.807) is 0 Å². The number of rotatable bonds is 9. The van der Waals surface area contributed by atoms with Crippen LogP contribution in [0.15, 0.2) is 61.2 Å². The molecule has 3 rings (SSSR count). The number of benzene rings is 2. The molecule has 2 aromatic carbocycles. The predicted molar refractivity (Wildman–Crippen MR) is 115 cm³/mol. The molecule has 1 aliphatic carbocycles. The molecule has 0 saturated heterocycles. The normalized spacial score (nSPS) is 12.7. The van der Waals surface area contributed by atoms with Gasteiger partial charge < -0.3 is 30.0 Å². The van der Waals surface area contributed by atoms with E-state index in [1.165, 1.54) is 6.08 Å². The van der Waals surface area contributed by atoms with Crippen molar-refractivity contribution in [2.45, 2.75) is 12.0 Å². The summed E-state index contributed by atoms with van der Waals surface area (Å²) in [6.07, 6.45) is -0.291. The molecule has 0 saturated carbocycles. The number of nitrogens with one attached hydrogen (secondary N) is 2. The molecule has 1 atom stereocenters. The van der Waals surface area contributed by atoms with E-state index in [9.17, 15) is 14.4 Å². The molecule has 1 aliphatic rings. The Morgan fingerprint density at radius 2 is 1.59 bits per heavy atom. The molecule has 2 aromatic rings. The fraction of sp³-hybridized carbons (Fsp3) is 0.261. The van der Waals surface area contributed by atoms with Crippen molar-refractivity contribution in [1.29, 1.82) is 0 Å². The van der Waals surface area contributed by atoms with E-state index < -0.39 is 31.0 Å². The van der Waals surface area contributed by atoms with Gasteiger partial charge in [-0.1, -0.05) is 61.2 Å². The van der Waals surface area contributed by atoms with Crippen molar-refractivity contribution in [2.75, 3.05) is 26.6 Å². The first kappa shape index (κ1) is 22.8. The summed E-state index contributed by atoms with van der Waals surface area (Å²) in [7, 11) is 0. The van der Waals surface area contributed by atoms with E-state index in [0.717, 1.165) is 22.3 Å². The summed E-state index contributed by atoms with van der Waals surface area (Å²) < 4.78 is 14.7. The predicted octanol–water partition coefficient (Wildman–Crippen LogP) is 2.30. The van der Waals surface area contributed by atoms with E-state index in [1.807, 2.05) is 48.5 Å². The number of carbonyl (C=O) groups excluding carboxylic acids is 3. The number of amides is 2. The van der Waals surface area contributed by atoms with Gasteiger partial charge in [0.15, 0.2) is 6.79 Å². The smallest absolute Gasteiger partial charge is 0.407 e. The minimum Gasteiger partial charge on any atom is -0.449 e. The van der Waals surface area contributed by atoms with Gasteiger partial charge in [0.1, 0.15) is 19.3 Å². The first-order valence-corrected chi connectivity index (χ1v) is 9.95. The fourth-order valence-electron chi connectivity index (χ4n) is 3.51. The average Bonchev–Trinajstić information content (AvgIpc) is 3.13. The van der Waals surface area contributed by atoms with Gasteiger partial charge in [-0.05, 0) is 22.3 Å². The van der Waals surface area contributed by atoms with Crippen LogP contribution in [-0.2, 0) is 19.0 Å². The maximum atomic E-state index is 12.4. The molecule has 0 fully saturated rings. The molecule has 0 heterocycles. The molecule has 0 aromatic heterocycles. The minimum absolute atomic E-state index is 0.0165. The lowest BCUT2D eigenvalue weighted by atomic mass is 9.98. The van der Waals surface area contributed by atoms with Crippen molar-refractivity contribution in [3.8, 4) is 11.1 Å². The Bertz CT molecular complexity index is 946. The molecule has 9 heteroatoms. The van der Waals surface area contributed by atoms with Crippen molar-refractivity contribution < 1.29 is 33.7 Å². The highest BCUT2D eigenvalue weighted by atomic mass is 16.6. The van der Waals surface area contributed by atoms with Gasteiger partial charge in [0.2, 0.25) is 0 Å². The maximum Gasteiger partial charge on any atom is 0.407 e. The zero-order valence-electron chi connectivity index (χ0n) is 17.3. The third-order valence-corrected chi connectivity index (χ3v) is 4.91. The van der Waals surface area contributed by atoms with Gasteiger partial charge in [-0.25, -0.2) is 14.4 Å². The van der Waals surface area contributed by atoms with Gasteiger partial charge in [0.25, 0.3) is 0 Å². The topological polar surface area (TPSA) is 123 Å². The van der Waals surface area contributed by atoms with Crippen molar-refractivity contribution in [3.63, 3.8) is 0 Å². The second-order valence-electron chi connectivity index (χ2n) is 6.88. The third-order valence-electron chi connectivity index (χ3n) is 4.91. The van der Waals surface area contributed by atoms with Crippen LogP contribution in [0.25, 0.3) is 11.1 Å². The summed E-state index contributed by atoms with van der Waals surface area (Å²) >= 11 is 0. The van der Waals surface area contributed by atoms with Crippen LogP contribution >= 0.6 is 0 Å². The Labute approximate surface area is 185 Å². The lowest BCUT2D eigenvalue weighted by Gasteiger charge is -2.19. The number of esters is 1. The molecule has 32 heavy (non-hydrogen) atoms. The average molecular weight is 440 g/mol. The zero-order chi connectivity index (χ0) is 22.9. The summed E-state index contributed by atoms with van der Waals surface area (Å²) in [6, 6.07) is 14.5. The first-order chi connectivity index (χ1) is 15.5. The van der Waals surface area contributed by atoms with Crippen LogP contribution in [0.4, 0.5) is 9.59 Å². The van der Waals surface area contributed by atoms with Crippen molar-refractivity contribution >= 4 is 18.2 Å². The molecule has 0 spiro atoms. The van der Waals surface area contributed by atoms with E-state index in [4.69, 9.17) is 14.6 Å². The number of aliphatic hydroxyl groups excluding tert-OH is 1. The second-order valence-corrected chi connectivity index (χ2v) is 6.88. The van der Waals surface area contributed by atoms with Gasteiger partial charge >= 0.3 is 18.2 Å². The summed E-state index contributed by atoms with van der Waals surface area (Å²) in [5.41, 5.74) is 4.27. The number of fused-ring (bicyclic) bond motifs is 3. The summed E-state index contributed by atoms with van der Waals surface area (Å²) in [5, 5.41) is 13.5. The molecule has 1 unspecified atom stereocenters. The summed E-state index contributed by atoms with van der Waals surface area (Å²) in [5.74, 6) is -1.09. The number of carbonyl (C=O) groups is 3. The van der Waals surface area contributed by atoms with E-state index >= 15 is 0 Å². The van der Waals surface area contributed by atoms with Crippen LogP contribution in [-0.4, -0.2) is 55.9 Å². The number of alkyl carbamates (subject to hydrolysis) is 2. The molecular weight excluding hydrogens is 416 g/mol. The monoisotopic (exact) mass is 440 g/mol. The zero-order valence-corrected chi connectivity index (χ0v) is 17.3. The molecule has 0 bridgehead atoms. The summed E-state index contributed by atoms with van der Waals surface area (Å²) in [4.78, 5) is 36.0. The largest absolute Gasteiger partial charge is 0.449 e. The van der Waals surface area contributed by atoms with Gasteiger partial charge in [-0.15, -0.1) is 0 Å². The standard InChI is InChI=1S/C23H24N2O7/c1-2-11-30-22(28)24-12-20(21(27)32-14-26)25-23(29)31-13-19-17-9-5-3-7-15(17)16-8-4-6-10-18(16)19/h2-10,19-20,26H,1,11-14H2,(H,24,28)(H,25,29). The fourth-order valence-corrected chi connectivity index (χ4v) is 3.51. The summed E-state index contributed by atoms with van der Waals surface area (Å²) in [6.45, 7) is 2.26. The SMILES string of the molecule is C=CCOC(=O)NCC(NC(=O)OCC1c2ccccc2-c2ccccc21)C(=O)OCO. The highest BCUT2D eigenvalue weighted by molar-refractivity contribution is 5.83. The van der Waals surface area contributed by atoms with Gasteiger partial charge in [-0.2, -0.15) is 0 Å². The Hall–Kier alpha value is -3.85. The molecule has 168 valence electrons. The Balaban J connectivity index is 1.62. The second kappa shape index (κ2) is 11.0. The first-order valence-electron chi connectivity index (χ1n) is 9.95. The lowest BCUT2D eigenvalue weighted by molar-refractivity contribution is -0.154. The number of aliphatic hydroxyl groups is 1. The van der Waals surface area contributed by atoms with Gasteiger partial charge in [0, 0.05) is 5.92 Å². The van der Waals surface area contributed by atoms with Crippen LogP contribution in [0.1, 0.15) is 17.0 Å². The number of hydrogen-bond donors (Lipinski definition) is 3. The Kier molecular flexibility index (Phi) is 7.82. The van der Waals surface area contributed by atoms with Crippen LogP contribution in [0.3, 0.4) is 0 Å². The van der Waals surface area contributed by atoms with Crippen molar-refractivity contribution in [1.82, 2.24) is 10.6 Å². The quantitative estimate of drug-likeness (QED) is 0.237. The van der Waals surface area contributed by atoms with Crippen LogP contribution in [0.2, 0.25) is 0 Å². The van der Waals surface area contributed by atoms with E-state index in [2.05, 4.69) is 21.9 Å². The van der Waals surface area contributed by atoms with Crippen LogP contribution < -0.4 is 10.6 Å². The molecule has 0 radical (unpaired) electrons. The lowest BCUT2D eigenvalue weighted by Crippen LogP contribution is -2.49. The van der Waals surface area contributed by atoms with Crippen LogP contribution in [0.5, 0.6) is 0 Å². The Morgan fingerprint density at radius 3 is 2.19 bits per heavy atom. The third kappa shape index (κ3) is 5.44. The van der Waals surface area contributed by atoms with Gasteiger partial charge in [0.05, 0.1) is 6.54 Å². The van der Waals surface area contributed by atoms with Crippen LogP contribution in [0, 0.1) is 0 Å². The molecule has 0 aliphatic heterocycles. The molecule has 9 nitrogen and oxygen atoms in total. The maximum absolute atomic E-state index is 12.4. The van der Waals surface area contributed by atoms with Crippen molar-refractivity contribution in [3.05, 3.63) is 72.3 Å². The van der Waals surface area contributed by atoms with Crippen molar-refractivity contribution in [2.24, 2.45) is 0 Å². The minimum atomic E-state index is -1.28.